The molecule has 0 radical (unpaired) electrons. The van der Waals surface area contributed by atoms with Crippen LogP contribution in [0.1, 0.15) is 62.5 Å². The molecule has 0 N–H and O–H groups in total. The molecule has 0 aliphatic heterocycles. The van der Waals surface area contributed by atoms with Crippen LogP contribution in [0.3, 0.4) is 0 Å². The summed E-state index contributed by atoms with van der Waals surface area (Å²) in [5, 5.41) is 0. The Morgan fingerprint density at radius 2 is 0.598 bits per heavy atom. The maximum atomic E-state index is 10.5. The second kappa shape index (κ2) is 61.1. The van der Waals surface area contributed by atoms with Crippen LogP contribution < -0.4 is 34.3 Å². The van der Waals surface area contributed by atoms with Gasteiger partial charge in [0.25, 0.3) is 0 Å². The van der Waals surface area contributed by atoms with E-state index in [1.54, 1.807) is 0 Å². The first kappa shape index (κ1) is 78.4. The third-order valence-electron chi connectivity index (χ3n) is 11.6. The topological polar surface area (TPSA) is 233 Å². The van der Waals surface area contributed by atoms with Gasteiger partial charge in [0.2, 0.25) is 0 Å². The largest absolute Gasteiger partial charge is 1.00 e. The van der Waals surface area contributed by atoms with Gasteiger partial charge in [-0.05, 0) is 60.8 Å². The van der Waals surface area contributed by atoms with Gasteiger partial charge >= 0.3 is 29.6 Å². The van der Waals surface area contributed by atoms with Gasteiger partial charge in [0, 0.05) is 12.4 Å². The Balaban J connectivity index is 0.0000336. The SMILES string of the molecule is CCC(CC(C)c1ccc(OCCOCCOCCOCCOCCOCCOCCOCCOCCOCCOCCOCCOCCOCCOCCOCCOCCOCCOCCCCS(=O)(=O)[O-])cc1)c1ccccc1.[Na+]. The fourth-order valence-corrected chi connectivity index (χ4v) is 7.82. The Hall–Kier alpha value is -1.57. The van der Waals surface area contributed by atoms with E-state index < -0.39 is 10.1 Å². The summed E-state index contributed by atoms with van der Waals surface area (Å²) in [7, 11) is -4.15. The number of rotatable bonds is 65. The Morgan fingerprint density at radius 3 is 0.854 bits per heavy atom. The third-order valence-corrected chi connectivity index (χ3v) is 12.4. The van der Waals surface area contributed by atoms with E-state index in [0.717, 1.165) is 18.6 Å². The molecular weight excluding hydrogens is 1100 g/mol. The average Bonchev–Trinajstić information content (AvgIpc) is 3.48. The van der Waals surface area contributed by atoms with Gasteiger partial charge in [-0.1, -0.05) is 56.3 Å². The molecule has 0 amide bonds. The van der Waals surface area contributed by atoms with Crippen LogP contribution in [0, 0.1) is 0 Å². The van der Waals surface area contributed by atoms with E-state index in [4.69, 9.17) is 90.0 Å². The molecule has 2 aromatic rings. The first-order chi connectivity index (χ1) is 39.9. The third kappa shape index (κ3) is 53.9. The quantitative estimate of drug-likeness (QED) is 0.0526. The van der Waals surface area contributed by atoms with Crippen LogP contribution in [-0.2, 0) is 95.4 Å². The van der Waals surface area contributed by atoms with Crippen LogP contribution in [-0.4, -0.2) is 263 Å². The Morgan fingerprint density at radius 1 is 0.341 bits per heavy atom. The second-order valence-electron chi connectivity index (χ2n) is 18.1. The molecular formula is C58H101NaO22S. The fourth-order valence-electron chi connectivity index (χ4n) is 7.26. The average molecular weight is 1210 g/mol. The van der Waals surface area contributed by atoms with Crippen molar-refractivity contribution in [1.29, 1.82) is 0 Å². The molecule has 0 saturated carbocycles. The van der Waals surface area contributed by atoms with E-state index in [1.165, 1.54) is 11.1 Å². The van der Waals surface area contributed by atoms with E-state index in [2.05, 4.69) is 56.3 Å². The smallest absolute Gasteiger partial charge is 0.748 e. The Kier molecular flexibility index (Phi) is 58.4. The minimum absolute atomic E-state index is 0. The van der Waals surface area contributed by atoms with Crippen molar-refractivity contribution in [2.24, 2.45) is 0 Å². The summed E-state index contributed by atoms with van der Waals surface area (Å²) in [6.45, 7) is 22.1. The van der Waals surface area contributed by atoms with Gasteiger partial charge < -0.3 is 94.6 Å². The maximum absolute atomic E-state index is 10.5. The van der Waals surface area contributed by atoms with E-state index in [9.17, 15) is 13.0 Å². The molecule has 2 rings (SSSR count). The van der Waals surface area contributed by atoms with Crippen LogP contribution in [0.5, 0.6) is 5.75 Å². The second-order valence-corrected chi connectivity index (χ2v) is 19.6. The van der Waals surface area contributed by atoms with Crippen molar-refractivity contribution in [3.63, 3.8) is 0 Å². The first-order valence-corrected chi connectivity index (χ1v) is 30.6. The van der Waals surface area contributed by atoms with Crippen LogP contribution in [0.25, 0.3) is 0 Å². The van der Waals surface area contributed by atoms with Crippen molar-refractivity contribution in [2.45, 2.75) is 51.4 Å². The molecule has 0 spiro atoms. The minimum Gasteiger partial charge on any atom is -0.748 e. The zero-order valence-corrected chi connectivity index (χ0v) is 52.8. The van der Waals surface area contributed by atoms with Gasteiger partial charge in [-0.2, -0.15) is 0 Å². The molecule has 0 bridgehead atoms. The van der Waals surface area contributed by atoms with Gasteiger partial charge in [-0.25, -0.2) is 8.42 Å². The van der Waals surface area contributed by atoms with Crippen molar-refractivity contribution in [2.75, 3.05) is 250 Å². The monoisotopic (exact) mass is 1200 g/mol. The van der Waals surface area contributed by atoms with E-state index >= 15 is 0 Å². The van der Waals surface area contributed by atoms with Gasteiger partial charge in [0.15, 0.2) is 0 Å². The molecule has 0 aliphatic rings. The summed E-state index contributed by atoms with van der Waals surface area (Å²) in [6, 6.07) is 19.2. The maximum Gasteiger partial charge on any atom is 1.00 e. The molecule has 0 heterocycles. The van der Waals surface area contributed by atoms with Gasteiger partial charge in [0.1, 0.15) is 12.4 Å². The van der Waals surface area contributed by atoms with Crippen LogP contribution in [0.2, 0.25) is 0 Å². The molecule has 22 nitrogen and oxygen atoms in total. The normalized spacial score (nSPS) is 12.5. The predicted octanol–water partition coefficient (Wildman–Crippen LogP) is 2.38. The number of benzene rings is 2. The number of hydrogen-bond acceptors (Lipinski definition) is 22. The summed E-state index contributed by atoms with van der Waals surface area (Å²) < 4.78 is 137. The zero-order chi connectivity index (χ0) is 57.9. The van der Waals surface area contributed by atoms with Crippen molar-refractivity contribution in [3.05, 3.63) is 65.7 Å². The predicted molar refractivity (Wildman–Crippen MR) is 303 cm³/mol. The molecule has 24 heteroatoms. The summed E-state index contributed by atoms with van der Waals surface area (Å²) >= 11 is 0. The molecule has 472 valence electrons. The summed E-state index contributed by atoms with van der Waals surface area (Å²) in [4.78, 5) is 0. The zero-order valence-electron chi connectivity index (χ0n) is 49.9. The summed E-state index contributed by atoms with van der Waals surface area (Å²) in [5.74, 6) is 1.53. The number of unbranched alkanes of at least 4 members (excludes halogenated alkanes) is 1. The Bertz CT molecular complexity index is 1690. The van der Waals surface area contributed by atoms with Gasteiger partial charge in [-0.3, -0.25) is 0 Å². The molecule has 2 unspecified atom stereocenters. The number of ether oxygens (including phenoxy) is 19. The molecule has 0 aliphatic carbocycles. The van der Waals surface area contributed by atoms with Crippen LogP contribution >= 0.6 is 0 Å². The molecule has 2 atom stereocenters. The Labute approximate surface area is 512 Å². The van der Waals surface area contributed by atoms with Gasteiger partial charge in [-0.15, -0.1) is 0 Å². The fraction of sp³-hybridized carbons (Fsp3) is 0.793. The van der Waals surface area contributed by atoms with Crippen molar-refractivity contribution >= 4 is 10.1 Å². The number of hydrogen-bond donors (Lipinski definition) is 0. The van der Waals surface area contributed by atoms with Crippen molar-refractivity contribution in [1.82, 2.24) is 0 Å². The van der Waals surface area contributed by atoms with E-state index in [1.807, 2.05) is 12.1 Å². The van der Waals surface area contributed by atoms with Crippen LogP contribution in [0.15, 0.2) is 54.6 Å². The molecule has 82 heavy (non-hydrogen) atoms. The molecule has 0 aromatic heterocycles. The molecule has 0 fully saturated rings. The summed E-state index contributed by atoms with van der Waals surface area (Å²) in [6.07, 6.45) is 3.08. The van der Waals surface area contributed by atoms with Crippen molar-refractivity contribution in [3.8, 4) is 5.75 Å². The summed E-state index contributed by atoms with van der Waals surface area (Å²) in [5.41, 5.74) is 2.75. The first-order valence-electron chi connectivity index (χ1n) is 29.0. The van der Waals surface area contributed by atoms with E-state index in [-0.39, 0.29) is 35.3 Å². The van der Waals surface area contributed by atoms with Crippen LogP contribution in [0.4, 0.5) is 0 Å². The van der Waals surface area contributed by atoms with Crippen molar-refractivity contribution < 1.29 is 133 Å². The standard InChI is InChI=1S/C58H102O22S.Na/c1-3-55(57-9-5-4-6-10-57)53-54(2)56-11-13-58(14-12-56)80-51-50-79-49-48-78-47-46-77-45-44-76-43-42-75-41-40-74-39-38-73-37-36-72-35-34-71-33-32-70-31-30-69-29-28-68-27-26-67-25-24-66-23-22-65-21-20-64-19-18-63-17-16-62-15-7-8-52-81(59,60)61;/h4-6,9-14,54-55H,3,7-8,15-53H2,1-2H3,(H,59,60,61);/q;+1/p-1. The minimum atomic E-state index is -4.15. The van der Waals surface area contributed by atoms with E-state index in [0.29, 0.717) is 269 Å². The van der Waals surface area contributed by atoms with Gasteiger partial charge in [0.05, 0.1) is 241 Å². The molecule has 2 aromatic carbocycles. The molecule has 0 saturated heterocycles.